The summed E-state index contributed by atoms with van der Waals surface area (Å²) in [5.74, 6) is 0. The first-order valence-corrected chi connectivity index (χ1v) is 48.6. The molecule has 6 aromatic heterocycles. The molecule has 6 nitrogen and oxygen atoms in total. The Kier molecular flexibility index (Phi) is 28.3. The van der Waals surface area contributed by atoms with E-state index in [1.807, 2.05) is 54.6 Å². The van der Waals surface area contributed by atoms with Crippen LogP contribution in [0.4, 0.5) is 0 Å². The third-order valence-electron chi connectivity index (χ3n) is 26.0. The average molecular weight is 1820 g/mol. The van der Waals surface area contributed by atoms with Gasteiger partial charge in [-0.25, -0.2) is 0 Å². The van der Waals surface area contributed by atoms with Crippen molar-refractivity contribution in [3.63, 3.8) is 0 Å². The normalized spacial score (nSPS) is 10.9. The summed E-state index contributed by atoms with van der Waals surface area (Å²) >= 11 is 0. The van der Waals surface area contributed by atoms with Crippen molar-refractivity contribution in [1.82, 2.24) is 27.4 Å². The maximum atomic E-state index is 2.36. The number of rotatable bonds is 6. The fourth-order valence-corrected chi connectivity index (χ4v) is 19.4. The average Bonchev–Trinajstić information content (AvgIpc) is 2.16. The first-order chi connectivity index (χ1) is 69.3. The van der Waals surface area contributed by atoms with Crippen LogP contribution in [0.25, 0.3) is 165 Å². The molecular weight excluding hydrogens is 1710 g/mol. The van der Waals surface area contributed by atoms with Gasteiger partial charge in [0.25, 0.3) is 0 Å². The molecule has 0 atom stereocenters. The molecule has 21 aromatic carbocycles. The van der Waals surface area contributed by atoms with E-state index in [1.54, 1.807) is 0 Å². The lowest BCUT2D eigenvalue weighted by atomic mass is 10.1. The van der Waals surface area contributed by atoms with Crippen LogP contribution in [0, 0.1) is 62.3 Å². The van der Waals surface area contributed by atoms with Crippen molar-refractivity contribution in [2.45, 2.75) is 62.3 Å². The van der Waals surface area contributed by atoms with Gasteiger partial charge in [-0.1, -0.05) is 404 Å². The van der Waals surface area contributed by atoms with E-state index in [-0.39, 0.29) is 0 Å². The van der Waals surface area contributed by atoms with E-state index in [9.17, 15) is 0 Å². The van der Waals surface area contributed by atoms with Gasteiger partial charge in [0.05, 0.1) is 66.2 Å². The van der Waals surface area contributed by atoms with Gasteiger partial charge in [-0.3, -0.25) is 0 Å². The molecule has 0 unspecified atom stereocenters. The summed E-state index contributed by atoms with van der Waals surface area (Å²) in [7, 11) is 0. The molecule has 0 aliphatic heterocycles. The van der Waals surface area contributed by atoms with Gasteiger partial charge in [-0.05, 0) is 236 Å². The highest BCUT2D eigenvalue weighted by atomic mass is 15.0. The Hall–Kier alpha value is -17.6. The third kappa shape index (κ3) is 20.2. The minimum absolute atomic E-state index is 1.21. The molecule has 27 rings (SSSR count). The fraction of sp³-hybridized carbons (Fsp3) is 0.0667. The zero-order valence-electron chi connectivity index (χ0n) is 81.4. The van der Waals surface area contributed by atoms with Gasteiger partial charge in [0, 0.05) is 98.8 Å². The summed E-state index contributed by atoms with van der Waals surface area (Å²) in [5.41, 5.74) is 34.3. The Morgan fingerprint density at radius 2 is 0.319 bits per heavy atom. The van der Waals surface area contributed by atoms with E-state index in [0.29, 0.717) is 0 Å². The largest absolute Gasteiger partial charge is 0.309 e. The molecule has 0 amide bonds. The summed E-state index contributed by atoms with van der Waals surface area (Å²) in [6.07, 6.45) is 0. The second kappa shape index (κ2) is 43.2. The molecule has 0 spiro atoms. The third-order valence-corrected chi connectivity index (χ3v) is 26.0. The van der Waals surface area contributed by atoms with Crippen LogP contribution in [-0.4, -0.2) is 27.4 Å². The Morgan fingerprint density at radius 3 is 0.645 bits per heavy atom. The van der Waals surface area contributed by atoms with Crippen LogP contribution in [0.1, 0.15) is 50.1 Å². The van der Waals surface area contributed by atoms with Crippen molar-refractivity contribution in [1.29, 1.82) is 0 Å². The van der Waals surface area contributed by atoms with Crippen LogP contribution in [0.3, 0.4) is 0 Å². The molecule has 0 bridgehead atoms. The van der Waals surface area contributed by atoms with Crippen molar-refractivity contribution < 1.29 is 0 Å². The zero-order chi connectivity index (χ0) is 96.5. The van der Waals surface area contributed by atoms with E-state index in [4.69, 9.17) is 0 Å². The number of para-hydroxylation sites is 13. The monoisotopic (exact) mass is 1820 g/mol. The van der Waals surface area contributed by atoms with E-state index < -0.39 is 0 Å². The molecule has 0 aliphatic carbocycles. The van der Waals surface area contributed by atoms with E-state index in [2.05, 4.69) is 563 Å². The lowest BCUT2D eigenvalue weighted by molar-refractivity contribution is 1.17. The van der Waals surface area contributed by atoms with Gasteiger partial charge in [-0.2, -0.15) is 0 Å². The first kappa shape index (κ1) is 92.5. The van der Waals surface area contributed by atoms with Crippen molar-refractivity contribution in [3.05, 3.63) is 578 Å². The number of hydrogen-bond donors (Lipinski definition) is 0. The molecule has 141 heavy (non-hydrogen) atoms. The van der Waals surface area contributed by atoms with Crippen molar-refractivity contribution >= 4 is 131 Å². The predicted octanol–water partition coefficient (Wildman–Crippen LogP) is 36.5. The molecule has 0 saturated carbocycles. The minimum atomic E-state index is 1.21. The number of fused-ring (bicyclic) bond motifs is 18. The Labute approximate surface area is 826 Å². The molecule has 0 fully saturated rings. The van der Waals surface area contributed by atoms with Gasteiger partial charge in [0.2, 0.25) is 0 Å². The molecule has 0 aliphatic rings. The van der Waals surface area contributed by atoms with E-state index in [0.717, 1.165) is 0 Å². The van der Waals surface area contributed by atoms with Crippen molar-refractivity contribution in [2.24, 2.45) is 0 Å². The van der Waals surface area contributed by atoms with Gasteiger partial charge >= 0.3 is 0 Å². The zero-order valence-corrected chi connectivity index (χ0v) is 81.4. The molecule has 6 heterocycles. The van der Waals surface area contributed by atoms with Gasteiger partial charge < -0.3 is 27.4 Å². The second-order valence-corrected chi connectivity index (χ2v) is 36.1. The van der Waals surface area contributed by atoms with Crippen LogP contribution in [-0.2, 0) is 0 Å². The molecule has 6 heteroatoms. The smallest absolute Gasteiger partial charge is 0.0570 e. The number of nitrogens with zero attached hydrogens (tertiary/aromatic N) is 6. The topological polar surface area (TPSA) is 29.6 Å². The number of hydrogen-bond acceptors (Lipinski definition) is 0. The van der Waals surface area contributed by atoms with E-state index >= 15 is 0 Å². The van der Waals surface area contributed by atoms with E-state index in [1.165, 1.54) is 215 Å². The fourth-order valence-electron chi connectivity index (χ4n) is 19.4. The highest BCUT2D eigenvalue weighted by Gasteiger charge is 2.19. The summed E-state index contributed by atoms with van der Waals surface area (Å²) in [6, 6.07) is 186. The number of aromatic nitrogens is 6. The molecule has 0 N–H and O–H groups in total. The molecule has 0 saturated heterocycles. The second-order valence-electron chi connectivity index (χ2n) is 36.1. The highest BCUT2D eigenvalue weighted by Crippen LogP contribution is 2.40. The Bertz CT molecular complexity index is 8410. The lowest BCUT2D eigenvalue weighted by Crippen LogP contribution is -1.94. The Balaban J connectivity index is 0.000000103. The van der Waals surface area contributed by atoms with Crippen LogP contribution in [0.5, 0.6) is 0 Å². The van der Waals surface area contributed by atoms with Crippen LogP contribution >= 0.6 is 0 Å². The molecule has 684 valence electrons. The van der Waals surface area contributed by atoms with Crippen LogP contribution < -0.4 is 0 Å². The van der Waals surface area contributed by atoms with Gasteiger partial charge in [0.1, 0.15) is 0 Å². The summed E-state index contributed by atoms with van der Waals surface area (Å²) in [4.78, 5) is 0. The van der Waals surface area contributed by atoms with Gasteiger partial charge in [-0.15, -0.1) is 0 Å². The predicted molar refractivity (Wildman–Crippen MR) is 607 cm³/mol. The molecule has 0 radical (unpaired) electrons. The van der Waals surface area contributed by atoms with Crippen molar-refractivity contribution in [2.75, 3.05) is 0 Å². The quantitative estimate of drug-likeness (QED) is 0.159. The SMILES string of the molecule is Cc1ccc2c(c1)c1ccccc1n2-c1ccccc1.Cc1ccc2c(c1)c1ccccc1n2-c1ccccc1.Cc1ccc2c3ccccc3n(-c3ccccc3)c2c1.Cc1ccc2c3ccccc3n(-c3ccccc3)c2c1.Cc1cccc2c1c1ccccc1n2-c1ccccc1.Cc1cccc2c3ccccc3n(-c3ccccc3)c12.Cc1ccccc1.Cc1ccccc1.Cc1ccccc1. The lowest BCUT2D eigenvalue weighted by Gasteiger charge is -2.08. The molecule has 27 aromatic rings. The molecular formula is C135H114N6. The van der Waals surface area contributed by atoms with Gasteiger partial charge in [0.15, 0.2) is 0 Å². The summed E-state index contributed by atoms with van der Waals surface area (Å²) < 4.78 is 14.1. The standard InChI is InChI=1S/6C19H15N.3C7H8/c1-14-8-7-12-17-16-11-5-6-13-18(16)20(19(14)17)15-9-3-2-4-10-15;1-14-8-7-13-18-19(14)16-11-5-6-12-17(16)20(18)15-9-3-2-4-10-15;2*1-14-11-12-19-17(13-14)16-9-5-6-10-18(16)20(19)15-7-3-2-4-8-15;2*1-14-11-12-17-16-9-5-6-10-18(16)20(19(17)13-14)15-7-3-2-4-8-15;3*1-7-5-3-2-4-6-7/h6*2-13H,1H3;3*2-6H,1H3. The maximum Gasteiger partial charge on any atom is 0.0570 e. The number of aryl methyl sites for hydroxylation is 9. The maximum absolute atomic E-state index is 2.36. The number of benzene rings is 21. The highest BCUT2D eigenvalue weighted by molar-refractivity contribution is 6.15. The van der Waals surface area contributed by atoms with Crippen LogP contribution in [0.2, 0.25) is 0 Å². The van der Waals surface area contributed by atoms with Crippen LogP contribution in [0.15, 0.2) is 528 Å². The van der Waals surface area contributed by atoms with Crippen molar-refractivity contribution in [3.8, 4) is 34.1 Å². The Morgan fingerprint density at radius 1 is 0.113 bits per heavy atom. The minimum Gasteiger partial charge on any atom is -0.309 e. The summed E-state index contributed by atoms with van der Waals surface area (Å²) in [5, 5.41) is 15.8. The summed E-state index contributed by atoms with van der Waals surface area (Å²) in [6.45, 7) is 19.2. The first-order valence-electron chi connectivity index (χ1n) is 48.6.